The summed E-state index contributed by atoms with van der Waals surface area (Å²) in [6.45, 7) is 10.8. The lowest BCUT2D eigenvalue weighted by Gasteiger charge is -2.24. The molecule has 1 aliphatic carbocycles. The van der Waals surface area contributed by atoms with E-state index in [0.717, 1.165) is 60.5 Å². The summed E-state index contributed by atoms with van der Waals surface area (Å²) in [6, 6.07) is 3.99. The van der Waals surface area contributed by atoms with Crippen molar-refractivity contribution in [1.29, 1.82) is 0 Å². The van der Waals surface area contributed by atoms with Crippen LogP contribution in [-0.2, 0) is 9.53 Å². The maximum absolute atomic E-state index is 12.3. The number of aryl methyl sites for hydroxylation is 1. The van der Waals surface area contributed by atoms with E-state index in [-0.39, 0.29) is 19.2 Å². The summed E-state index contributed by atoms with van der Waals surface area (Å²) in [6.07, 6.45) is 8.64. The fourth-order valence-corrected chi connectivity index (χ4v) is 3.89. The second kappa shape index (κ2) is 20.4. The van der Waals surface area contributed by atoms with Crippen LogP contribution in [0, 0.1) is 6.92 Å². The number of pyridine rings is 1. The second-order valence-corrected chi connectivity index (χ2v) is 8.34. The maximum Gasteiger partial charge on any atom is 0.409 e. The number of hydrogen-bond donors (Lipinski definition) is 3. The molecule has 0 radical (unpaired) electrons. The minimum absolute atomic E-state index is 0.228. The van der Waals surface area contributed by atoms with E-state index in [1.807, 2.05) is 46.9 Å². The molecule has 0 atom stereocenters. The predicted molar refractivity (Wildman–Crippen MR) is 145 cm³/mol. The SMILES string of the molecule is CC.CCC/C(COC(=O)N(C)CCC)=C(\NNC)c1ccc(OC2CCCCC2)c(C)n1.O=CO. The molecular formula is C27H48N4O5. The van der Waals surface area contributed by atoms with E-state index in [4.69, 9.17) is 24.4 Å². The summed E-state index contributed by atoms with van der Waals surface area (Å²) in [5.74, 6) is 0.851. The number of carboxylic acid groups (broad SMARTS) is 1. The average Bonchev–Trinajstić information content (AvgIpc) is 2.89. The monoisotopic (exact) mass is 508 g/mol. The van der Waals surface area contributed by atoms with Crippen molar-refractivity contribution in [2.24, 2.45) is 0 Å². The van der Waals surface area contributed by atoms with Crippen LogP contribution in [0.1, 0.15) is 90.4 Å². The van der Waals surface area contributed by atoms with Crippen molar-refractivity contribution in [3.63, 3.8) is 0 Å². The first kappa shape index (κ1) is 33.2. The lowest BCUT2D eigenvalue weighted by molar-refractivity contribution is -0.122. The van der Waals surface area contributed by atoms with Gasteiger partial charge in [0.2, 0.25) is 0 Å². The Balaban J connectivity index is 0.00000227. The first-order chi connectivity index (χ1) is 17.4. The van der Waals surface area contributed by atoms with Crippen LogP contribution >= 0.6 is 0 Å². The standard InChI is InChI=1S/C24H40N4O3.C2H6.CH2O2/c1-6-11-19(17-30-24(29)28(5)16-7-2)23(27-25-4)21-14-15-22(18(3)26-21)31-20-12-9-8-10-13-20;1-2;2-1-3/h14-15,20,25,27H,6-13,16-17H2,1-5H3;1-2H3;1H,(H,2,3)/b23-19+;;. The van der Waals surface area contributed by atoms with Crippen molar-refractivity contribution in [1.82, 2.24) is 20.7 Å². The van der Waals surface area contributed by atoms with Crippen LogP contribution < -0.4 is 15.6 Å². The zero-order chi connectivity index (χ0) is 27.3. The average molecular weight is 509 g/mol. The van der Waals surface area contributed by atoms with Gasteiger partial charge in [-0.1, -0.05) is 40.5 Å². The molecule has 9 heteroatoms. The lowest BCUT2D eigenvalue weighted by atomic mass is 9.98. The van der Waals surface area contributed by atoms with Gasteiger partial charge in [0, 0.05) is 20.6 Å². The Hall–Kier alpha value is -2.81. The summed E-state index contributed by atoms with van der Waals surface area (Å²) >= 11 is 0. The molecule has 1 aromatic heterocycles. The van der Waals surface area contributed by atoms with Gasteiger partial charge in [0.25, 0.3) is 6.47 Å². The molecule has 0 spiro atoms. The Labute approximate surface area is 217 Å². The topological polar surface area (TPSA) is 113 Å². The third-order valence-electron chi connectivity index (χ3n) is 5.54. The van der Waals surface area contributed by atoms with Gasteiger partial charge in [0.1, 0.15) is 12.4 Å². The van der Waals surface area contributed by atoms with E-state index in [1.54, 1.807) is 11.9 Å². The van der Waals surface area contributed by atoms with Crippen LogP contribution in [0.4, 0.5) is 4.79 Å². The third kappa shape index (κ3) is 12.2. The molecule has 1 heterocycles. The van der Waals surface area contributed by atoms with Crippen LogP contribution in [0.2, 0.25) is 0 Å². The Morgan fingerprint density at radius 2 is 1.83 bits per heavy atom. The van der Waals surface area contributed by atoms with Gasteiger partial charge in [-0.05, 0) is 63.2 Å². The molecule has 1 aliphatic rings. The Morgan fingerprint density at radius 1 is 1.19 bits per heavy atom. The smallest absolute Gasteiger partial charge is 0.409 e. The molecule has 36 heavy (non-hydrogen) atoms. The number of nitrogens with one attached hydrogen (secondary N) is 2. The van der Waals surface area contributed by atoms with Gasteiger partial charge < -0.3 is 24.9 Å². The highest BCUT2D eigenvalue weighted by molar-refractivity contribution is 5.69. The molecule has 1 aromatic rings. The van der Waals surface area contributed by atoms with Gasteiger partial charge >= 0.3 is 6.09 Å². The van der Waals surface area contributed by atoms with Crippen molar-refractivity contribution in [2.75, 3.05) is 27.2 Å². The molecule has 0 unspecified atom stereocenters. The van der Waals surface area contributed by atoms with E-state index in [9.17, 15) is 4.79 Å². The molecular weight excluding hydrogens is 460 g/mol. The molecule has 1 amide bonds. The molecule has 1 saturated carbocycles. The number of carbonyl (C=O) groups is 2. The van der Waals surface area contributed by atoms with Crippen LogP contribution in [0.15, 0.2) is 17.7 Å². The number of aromatic nitrogens is 1. The number of amides is 1. The van der Waals surface area contributed by atoms with E-state index in [1.165, 1.54) is 19.3 Å². The highest BCUT2D eigenvalue weighted by Crippen LogP contribution is 2.27. The molecule has 0 saturated heterocycles. The lowest BCUT2D eigenvalue weighted by Crippen LogP contribution is -2.31. The zero-order valence-electron chi connectivity index (χ0n) is 23.4. The van der Waals surface area contributed by atoms with Crippen molar-refractivity contribution in [2.45, 2.75) is 92.1 Å². The Bertz CT molecular complexity index is 779. The summed E-state index contributed by atoms with van der Waals surface area (Å²) < 4.78 is 11.8. The molecule has 0 aromatic carbocycles. The number of nitrogens with zero attached hydrogens (tertiary/aromatic N) is 2. The molecule has 206 valence electrons. The number of hydrogen-bond acceptors (Lipinski definition) is 7. The van der Waals surface area contributed by atoms with Gasteiger partial charge in [0.15, 0.2) is 0 Å². The fourth-order valence-electron chi connectivity index (χ4n) is 3.89. The van der Waals surface area contributed by atoms with Crippen LogP contribution in [0.5, 0.6) is 5.75 Å². The number of ether oxygens (including phenoxy) is 2. The van der Waals surface area contributed by atoms with Gasteiger partial charge in [-0.3, -0.25) is 4.79 Å². The van der Waals surface area contributed by atoms with E-state index in [2.05, 4.69) is 17.8 Å². The highest BCUT2D eigenvalue weighted by atomic mass is 16.6. The van der Waals surface area contributed by atoms with Crippen molar-refractivity contribution in [3.05, 3.63) is 29.1 Å². The molecule has 0 bridgehead atoms. The summed E-state index contributed by atoms with van der Waals surface area (Å²) in [7, 11) is 3.58. The highest BCUT2D eigenvalue weighted by Gasteiger charge is 2.18. The predicted octanol–water partition coefficient (Wildman–Crippen LogP) is 5.54. The van der Waals surface area contributed by atoms with Crippen molar-refractivity contribution in [3.8, 4) is 5.75 Å². The summed E-state index contributed by atoms with van der Waals surface area (Å²) in [5, 5.41) is 6.89. The number of hydrazine groups is 1. The van der Waals surface area contributed by atoms with Crippen LogP contribution in [0.3, 0.4) is 0 Å². The largest absolute Gasteiger partial charge is 0.489 e. The van der Waals surface area contributed by atoms with Crippen molar-refractivity contribution >= 4 is 18.3 Å². The Kier molecular flexibility index (Phi) is 18.8. The molecule has 2 rings (SSSR count). The van der Waals surface area contributed by atoms with Gasteiger partial charge in [-0.25, -0.2) is 15.2 Å². The fraction of sp³-hybridized carbons (Fsp3) is 0.667. The number of rotatable bonds is 11. The number of carbonyl (C=O) groups excluding carboxylic acids is 1. The summed E-state index contributed by atoms with van der Waals surface area (Å²) in [5.41, 5.74) is 9.75. The second-order valence-electron chi connectivity index (χ2n) is 8.34. The minimum atomic E-state index is -0.306. The van der Waals surface area contributed by atoms with Gasteiger partial charge in [0.05, 0.1) is 23.2 Å². The van der Waals surface area contributed by atoms with Crippen LogP contribution in [0.25, 0.3) is 5.70 Å². The Morgan fingerprint density at radius 3 is 2.36 bits per heavy atom. The quantitative estimate of drug-likeness (QED) is 0.264. The zero-order valence-corrected chi connectivity index (χ0v) is 23.4. The van der Waals surface area contributed by atoms with Crippen molar-refractivity contribution < 1.29 is 24.2 Å². The normalized spacial score (nSPS) is 13.6. The van der Waals surface area contributed by atoms with Gasteiger partial charge in [-0.2, -0.15) is 0 Å². The molecule has 1 fully saturated rings. The van der Waals surface area contributed by atoms with Crippen LogP contribution in [-0.4, -0.2) is 60.9 Å². The molecule has 3 N–H and O–H groups in total. The minimum Gasteiger partial charge on any atom is -0.489 e. The van der Waals surface area contributed by atoms with E-state index < -0.39 is 0 Å². The third-order valence-corrected chi connectivity index (χ3v) is 5.54. The first-order valence-corrected chi connectivity index (χ1v) is 13.2. The van der Waals surface area contributed by atoms with Gasteiger partial charge in [-0.15, -0.1) is 0 Å². The molecule has 9 nitrogen and oxygen atoms in total. The first-order valence-electron chi connectivity index (χ1n) is 13.2. The van der Waals surface area contributed by atoms with E-state index >= 15 is 0 Å². The maximum atomic E-state index is 12.3. The molecule has 0 aliphatic heterocycles. The summed E-state index contributed by atoms with van der Waals surface area (Å²) in [4.78, 5) is 27.0. The van der Waals surface area contributed by atoms with E-state index in [0.29, 0.717) is 12.6 Å².